The normalized spacial score (nSPS) is 15.9. The summed E-state index contributed by atoms with van der Waals surface area (Å²) < 4.78 is 22.8. The molecule has 1 aliphatic rings. The molecule has 0 unspecified atom stereocenters. The Morgan fingerprint density at radius 3 is 2.59 bits per heavy atom. The van der Waals surface area contributed by atoms with Crippen molar-refractivity contribution in [2.45, 2.75) is 31.9 Å². The number of carbonyl (C=O) groups excluding carboxylic acids is 2. The lowest BCUT2D eigenvalue weighted by Crippen LogP contribution is -2.26. The highest BCUT2D eigenvalue weighted by Crippen LogP contribution is 2.24. The molecule has 144 valence electrons. The van der Waals surface area contributed by atoms with E-state index in [9.17, 15) is 14.0 Å². The fraction of sp³-hybridized carbons (Fsp3) is 0.333. The van der Waals surface area contributed by atoms with Gasteiger partial charge in [0.05, 0.1) is 12.7 Å². The molecule has 0 bridgehead atoms. The Hall–Kier alpha value is -2.73. The first-order valence-electron chi connectivity index (χ1n) is 8.86. The average Bonchev–Trinajstić information content (AvgIpc) is 2.73. The van der Waals surface area contributed by atoms with Gasteiger partial charge in [-0.3, -0.25) is 4.79 Å². The van der Waals surface area contributed by atoms with Crippen molar-refractivity contribution < 1.29 is 23.5 Å². The molecule has 3 rings (SSSR count). The molecule has 6 heteroatoms. The molecule has 2 aromatic carbocycles. The van der Waals surface area contributed by atoms with Crippen molar-refractivity contribution in [3.63, 3.8) is 0 Å². The summed E-state index contributed by atoms with van der Waals surface area (Å²) in [5.41, 5.74) is 1.90. The van der Waals surface area contributed by atoms with E-state index in [2.05, 4.69) is 14.8 Å². The Morgan fingerprint density at radius 1 is 1.22 bits per heavy atom. The van der Waals surface area contributed by atoms with Gasteiger partial charge >= 0.3 is 5.97 Å². The Bertz CT molecular complexity index is 730. The van der Waals surface area contributed by atoms with Gasteiger partial charge in [0, 0.05) is 6.04 Å². The lowest BCUT2D eigenvalue weighted by atomic mass is 9.96. The van der Waals surface area contributed by atoms with E-state index in [1.165, 1.54) is 25.7 Å². The number of esters is 1. The lowest BCUT2D eigenvalue weighted by Gasteiger charge is -2.24. The summed E-state index contributed by atoms with van der Waals surface area (Å²) in [5, 5.41) is 3.34. The van der Waals surface area contributed by atoms with Gasteiger partial charge in [0.1, 0.15) is 12.4 Å². The van der Waals surface area contributed by atoms with Crippen molar-refractivity contribution in [2.75, 3.05) is 13.7 Å². The fourth-order valence-electron chi connectivity index (χ4n) is 2.86. The molecule has 1 N–H and O–H groups in total. The van der Waals surface area contributed by atoms with Crippen LogP contribution in [0.4, 0.5) is 4.39 Å². The third-order valence-corrected chi connectivity index (χ3v) is 4.27. The summed E-state index contributed by atoms with van der Waals surface area (Å²) in [6.45, 7) is 1.78. The third-order valence-electron chi connectivity index (χ3n) is 4.27. The number of benzene rings is 2. The molecule has 5 nitrogen and oxygen atoms in total. The summed E-state index contributed by atoms with van der Waals surface area (Å²) >= 11 is 0. The molecule has 0 saturated carbocycles. The van der Waals surface area contributed by atoms with Gasteiger partial charge in [-0.25, -0.2) is 9.18 Å². The molecule has 1 aliphatic heterocycles. The maximum absolute atomic E-state index is 13.7. The quantitative estimate of drug-likeness (QED) is 0.638. The van der Waals surface area contributed by atoms with Crippen LogP contribution in [-0.2, 0) is 20.9 Å². The predicted octanol–water partition coefficient (Wildman–Crippen LogP) is 3.79. The van der Waals surface area contributed by atoms with Crippen molar-refractivity contribution in [1.29, 1.82) is 0 Å². The van der Waals surface area contributed by atoms with Crippen LogP contribution in [0.3, 0.4) is 0 Å². The molecule has 0 aromatic heterocycles. The highest BCUT2D eigenvalue weighted by molar-refractivity contribution is 5.89. The van der Waals surface area contributed by atoms with E-state index in [1.807, 2.05) is 30.3 Å². The molecule has 0 amide bonds. The predicted molar refractivity (Wildman–Crippen MR) is 99.6 cm³/mol. The number of halogens is 1. The first-order valence-corrected chi connectivity index (χ1v) is 8.86. The van der Waals surface area contributed by atoms with Gasteiger partial charge in [0.2, 0.25) is 0 Å². The monoisotopic (exact) mass is 373 g/mol. The number of ether oxygens (including phenoxy) is 2. The van der Waals surface area contributed by atoms with E-state index in [1.54, 1.807) is 6.07 Å². The second-order valence-electron chi connectivity index (χ2n) is 6.13. The standard InChI is InChI=1S/C13H16FNO2.C8H8O2/c1-17-13(16)10-6-5-9(8-11(10)14)12-4-2-3-7-15-12;9-7-10-6-8-4-2-1-3-5-8/h5-6,8,12,15H,2-4,7H2,1H3;1-5,7H,6H2/t12-;/m0./s1. The van der Waals surface area contributed by atoms with Crippen molar-refractivity contribution in [3.05, 3.63) is 71.0 Å². The van der Waals surface area contributed by atoms with Crippen molar-refractivity contribution in [2.24, 2.45) is 0 Å². The molecule has 0 radical (unpaired) electrons. The first kappa shape index (κ1) is 20.6. The highest BCUT2D eigenvalue weighted by atomic mass is 19.1. The third kappa shape index (κ3) is 6.49. The lowest BCUT2D eigenvalue weighted by molar-refractivity contribution is -0.129. The average molecular weight is 373 g/mol. The molecule has 1 fully saturated rings. The largest absolute Gasteiger partial charge is 0.465 e. The summed E-state index contributed by atoms with van der Waals surface area (Å²) in [4.78, 5) is 21.0. The minimum atomic E-state index is -0.634. The van der Waals surface area contributed by atoms with Crippen LogP contribution in [0.15, 0.2) is 48.5 Å². The van der Waals surface area contributed by atoms with Gasteiger partial charge in [-0.15, -0.1) is 0 Å². The Balaban J connectivity index is 0.000000223. The fourth-order valence-corrected chi connectivity index (χ4v) is 2.86. The van der Waals surface area contributed by atoms with E-state index in [0.29, 0.717) is 13.1 Å². The van der Waals surface area contributed by atoms with Gasteiger partial charge in [0.25, 0.3) is 6.47 Å². The van der Waals surface area contributed by atoms with Crippen LogP contribution in [-0.4, -0.2) is 26.1 Å². The molecule has 2 aromatic rings. The smallest absolute Gasteiger partial charge is 0.340 e. The minimum absolute atomic E-state index is 0.00735. The van der Waals surface area contributed by atoms with Crippen molar-refractivity contribution in [3.8, 4) is 0 Å². The summed E-state index contributed by atoms with van der Waals surface area (Å²) in [6.07, 6.45) is 3.33. The molecule has 27 heavy (non-hydrogen) atoms. The van der Waals surface area contributed by atoms with Gasteiger partial charge in [0.15, 0.2) is 0 Å². The number of hydrogen-bond donors (Lipinski definition) is 1. The summed E-state index contributed by atoms with van der Waals surface area (Å²) in [7, 11) is 1.25. The zero-order chi connectivity index (χ0) is 19.5. The second kappa shape index (κ2) is 11.1. The van der Waals surface area contributed by atoms with Gasteiger partial charge in [-0.2, -0.15) is 0 Å². The van der Waals surface area contributed by atoms with Crippen LogP contribution in [0, 0.1) is 5.82 Å². The highest BCUT2D eigenvalue weighted by Gasteiger charge is 2.18. The Labute approximate surface area is 158 Å². The van der Waals surface area contributed by atoms with Crippen LogP contribution in [0.2, 0.25) is 0 Å². The van der Waals surface area contributed by atoms with Crippen molar-refractivity contribution >= 4 is 12.4 Å². The number of rotatable bonds is 5. The number of carbonyl (C=O) groups is 2. The molecular formula is C21H24FNO4. The SMILES string of the molecule is COC(=O)c1ccc([C@@H]2CCCCN2)cc1F.O=COCc1ccccc1. The van der Waals surface area contributed by atoms with Gasteiger partial charge in [-0.1, -0.05) is 42.8 Å². The first-order chi connectivity index (χ1) is 13.2. The molecular weight excluding hydrogens is 349 g/mol. The molecule has 0 aliphatic carbocycles. The van der Waals surface area contributed by atoms with E-state index in [-0.39, 0.29) is 11.6 Å². The number of nitrogens with one attached hydrogen (secondary N) is 1. The number of hydrogen-bond acceptors (Lipinski definition) is 5. The van der Waals surface area contributed by atoms with Crippen LogP contribution in [0.25, 0.3) is 0 Å². The van der Waals surface area contributed by atoms with Crippen molar-refractivity contribution in [1.82, 2.24) is 5.32 Å². The van der Waals surface area contributed by atoms with Crippen LogP contribution >= 0.6 is 0 Å². The molecule has 0 spiro atoms. The topological polar surface area (TPSA) is 64.6 Å². The maximum Gasteiger partial charge on any atom is 0.340 e. The van der Waals surface area contributed by atoms with E-state index < -0.39 is 11.8 Å². The Kier molecular flexibility index (Phi) is 8.45. The van der Waals surface area contributed by atoms with E-state index >= 15 is 0 Å². The maximum atomic E-state index is 13.7. The zero-order valence-corrected chi connectivity index (χ0v) is 15.3. The van der Waals surface area contributed by atoms with Crippen LogP contribution in [0.5, 0.6) is 0 Å². The molecule has 1 atom stereocenters. The second-order valence-corrected chi connectivity index (χ2v) is 6.13. The summed E-state index contributed by atoms with van der Waals surface area (Å²) in [6, 6.07) is 14.5. The van der Waals surface area contributed by atoms with Crippen LogP contribution in [0.1, 0.15) is 46.8 Å². The van der Waals surface area contributed by atoms with Gasteiger partial charge < -0.3 is 14.8 Å². The van der Waals surface area contributed by atoms with Gasteiger partial charge in [-0.05, 0) is 42.6 Å². The van der Waals surface area contributed by atoms with Crippen LogP contribution < -0.4 is 5.32 Å². The van der Waals surface area contributed by atoms with E-state index in [0.717, 1.165) is 30.5 Å². The molecule has 1 heterocycles. The van der Waals surface area contributed by atoms with E-state index in [4.69, 9.17) is 0 Å². The Morgan fingerprint density at radius 2 is 2.00 bits per heavy atom. The number of methoxy groups -OCH3 is 1. The zero-order valence-electron chi connectivity index (χ0n) is 15.3. The summed E-state index contributed by atoms with van der Waals surface area (Å²) in [5.74, 6) is -1.15. The minimum Gasteiger partial charge on any atom is -0.465 e. The number of piperidine rings is 1. The molecule has 1 saturated heterocycles.